The molecule has 0 aromatic carbocycles. The van der Waals surface area contributed by atoms with Gasteiger partial charge in [0.25, 0.3) is 0 Å². The van der Waals surface area contributed by atoms with E-state index in [0.717, 1.165) is 12.2 Å². The van der Waals surface area contributed by atoms with E-state index in [4.69, 9.17) is 10.2 Å². The smallest absolute Gasteiger partial charge is 0.155 e. The van der Waals surface area contributed by atoms with Gasteiger partial charge in [0.1, 0.15) is 11.5 Å². The molecular weight excluding hydrogens is 172 g/mol. The molecule has 0 aromatic heterocycles. The van der Waals surface area contributed by atoms with Gasteiger partial charge < -0.3 is 10.2 Å². The van der Waals surface area contributed by atoms with Crippen molar-refractivity contribution < 1.29 is 19.8 Å². The second kappa shape index (κ2) is 5.13. The topological polar surface area (TPSA) is 74.6 Å². The Hall–Kier alpha value is -1.58. The monoisotopic (exact) mass is 184 g/mol. The molecule has 0 radical (unpaired) electrons. The second-order valence-corrected chi connectivity index (χ2v) is 2.67. The summed E-state index contributed by atoms with van der Waals surface area (Å²) >= 11 is 0. The van der Waals surface area contributed by atoms with Crippen LogP contribution in [-0.4, -0.2) is 21.8 Å². The molecule has 0 spiro atoms. The van der Waals surface area contributed by atoms with Crippen LogP contribution in [0.25, 0.3) is 0 Å². The van der Waals surface area contributed by atoms with Crippen molar-refractivity contribution in [3.63, 3.8) is 0 Å². The summed E-state index contributed by atoms with van der Waals surface area (Å²) in [5.41, 5.74) is 0. The molecule has 72 valence electrons. The zero-order chi connectivity index (χ0) is 10.4. The molecule has 0 saturated carbocycles. The van der Waals surface area contributed by atoms with E-state index in [-0.39, 0.29) is 29.5 Å². The average molecular weight is 184 g/mol. The van der Waals surface area contributed by atoms with Crippen molar-refractivity contribution in [2.24, 2.45) is 0 Å². The predicted octanol–water partition coefficient (Wildman–Crippen LogP) is 1.44. The van der Waals surface area contributed by atoms with Crippen LogP contribution in [-0.2, 0) is 9.59 Å². The summed E-state index contributed by atoms with van der Waals surface area (Å²) in [6.45, 7) is 2.56. The highest BCUT2D eigenvalue weighted by molar-refractivity contribution is 5.88. The van der Waals surface area contributed by atoms with Crippen LogP contribution in [0.4, 0.5) is 0 Å². The normalized spacial score (nSPS) is 12.8. The summed E-state index contributed by atoms with van der Waals surface area (Å²) < 4.78 is 0. The Kier molecular flexibility index (Phi) is 4.51. The SMILES string of the molecule is CC(=O)/C=C(\O)C/C(O)=C/C(C)=O. The lowest BCUT2D eigenvalue weighted by atomic mass is 10.2. The van der Waals surface area contributed by atoms with Crippen molar-refractivity contribution >= 4 is 11.6 Å². The summed E-state index contributed by atoms with van der Waals surface area (Å²) in [7, 11) is 0. The number of carbonyl (C=O) groups excluding carboxylic acids is 2. The van der Waals surface area contributed by atoms with Crippen LogP contribution in [0, 0.1) is 0 Å². The second-order valence-electron chi connectivity index (χ2n) is 2.67. The Morgan fingerprint density at radius 1 is 1.00 bits per heavy atom. The number of ketones is 2. The van der Waals surface area contributed by atoms with Gasteiger partial charge in [0, 0.05) is 12.2 Å². The molecule has 0 rings (SSSR count). The first kappa shape index (κ1) is 11.4. The van der Waals surface area contributed by atoms with Gasteiger partial charge in [0.2, 0.25) is 0 Å². The van der Waals surface area contributed by atoms with Gasteiger partial charge in [-0.15, -0.1) is 0 Å². The van der Waals surface area contributed by atoms with Gasteiger partial charge in [0.05, 0.1) is 6.42 Å². The molecule has 2 N–H and O–H groups in total. The number of aliphatic hydroxyl groups is 2. The maximum atomic E-state index is 10.5. The molecule has 0 heterocycles. The van der Waals surface area contributed by atoms with Crippen molar-refractivity contribution in [2.75, 3.05) is 0 Å². The molecule has 4 nitrogen and oxygen atoms in total. The minimum absolute atomic E-state index is 0.195. The summed E-state index contributed by atoms with van der Waals surface area (Å²) in [4.78, 5) is 20.9. The van der Waals surface area contributed by atoms with E-state index in [2.05, 4.69) is 0 Å². The third-order valence-corrected chi connectivity index (χ3v) is 1.10. The first-order valence-corrected chi connectivity index (χ1v) is 3.72. The fourth-order valence-corrected chi connectivity index (χ4v) is 0.757. The number of carbonyl (C=O) groups is 2. The number of rotatable bonds is 4. The molecule has 13 heavy (non-hydrogen) atoms. The first-order valence-electron chi connectivity index (χ1n) is 3.72. The lowest BCUT2D eigenvalue weighted by Gasteiger charge is -1.97. The van der Waals surface area contributed by atoms with Crippen LogP contribution in [0.15, 0.2) is 23.7 Å². The number of allylic oxidation sites excluding steroid dienone is 2. The Morgan fingerprint density at radius 3 is 1.54 bits per heavy atom. The van der Waals surface area contributed by atoms with E-state index in [0.29, 0.717) is 0 Å². The van der Waals surface area contributed by atoms with Crippen molar-refractivity contribution in [2.45, 2.75) is 20.3 Å². The molecule has 0 saturated heterocycles. The lowest BCUT2D eigenvalue weighted by Crippen LogP contribution is -1.93. The van der Waals surface area contributed by atoms with Crippen molar-refractivity contribution in [1.29, 1.82) is 0 Å². The lowest BCUT2D eigenvalue weighted by molar-refractivity contribution is -0.113. The summed E-state index contributed by atoms with van der Waals surface area (Å²) in [6, 6.07) is 0. The summed E-state index contributed by atoms with van der Waals surface area (Å²) in [5.74, 6) is -1.15. The molecule has 4 heteroatoms. The van der Waals surface area contributed by atoms with E-state index in [9.17, 15) is 9.59 Å². The first-order chi connectivity index (χ1) is 5.91. The Labute approximate surface area is 76.2 Å². The van der Waals surface area contributed by atoms with Gasteiger partial charge in [-0.05, 0) is 13.8 Å². The van der Waals surface area contributed by atoms with Crippen LogP contribution in [0.5, 0.6) is 0 Å². The maximum Gasteiger partial charge on any atom is 0.155 e. The molecule has 0 aromatic rings. The van der Waals surface area contributed by atoms with E-state index >= 15 is 0 Å². The van der Waals surface area contributed by atoms with Crippen molar-refractivity contribution in [3.05, 3.63) is 23.7 Å². The minimum atomic E-state index is -0.312. The molecule has 0 aliphatic heterocycles. The number of hydrogen-bond acceptors (Lipinski definition) is 4. The third-order valence-electron chi connectivity index (χ3n) is 1.10. The molecule has 0 atom stereocenters. The molecular formula is C9H12O4. The Morgan fingerprint density at radius 2 is 1.31 bits per heavy atom. The quantitative estimate of drug-likeness (QED) is 0.512. The summed E-state index contributed by atoms with van der Waals surface area (Å²) in [5, 5.41) is 18.1. The van der Waals surface area contributed by atoms with E-state index in [1.807, 2.05) is 0 Å². The van der Waals surface area contributed by atoms with Crippen LogP contribution < -0.4 is 0 Å². The van der Waals surface area contributed by atoms with E-state index in [1.165, 1.54) is 13.8 Å². The fraction of sp³-hybridized carbons (Fsp3) is 0.333. The highest BCUT2D eigenvalue weighted by atomic mass is 16.3. The zero-order valence-corrected chi connectivity index (χ0v) is 7.57. The molecule has 0 fully saturated rings. The van der Waals surface area contributed by atoms with Gasteiger partial charge in [-0.1, -0.05) is 0 Å². The zero-order valence-electron chi connectivity index (χ0n) is 7.57. The maximum absolute atomic E-state index is 10.5. The largest absolute Gasteiger partial charge is 0.512 e. The van der Waals surface area contributed by atoms with Crippen LogP contribution in [0.3, 0.4) is 0 Å². The average Bonchev–Trinajstić information content (AvgIpc) is 1.80. The predicted molar refractivity (Wildman–Crippen MR) is 47.4 cm³/mol. The third kappa shape index (κ3) is 6.80. The minimum Gasteiger partial charge on any atom is -0.512 e. The van der Waals surface area contributed by atoms with Crippen LogP contribution in [0.1, 0.15) is 20.3 Å². The van der Waals surface area contributed by atoms with Crippen molar-refractivity contribution in [1.82, 2.24) is 0 Å². The van der Waals surface area contributed by atoms with E-state index < -0.39 is 0 Å². The molecule has 0 aliphatic carbocycles. The van der Waals surface area contributed by atoms with Gasteiger partial charge in [-0.2, -0.15) is 0 Å². The Balaban J connectivity index is 4.29. The number of hydrogen-bond donors (Lipinski definition) is 2. The molecule has 0 unspecified atom stereocenters. The van der Waals surface area contributed by atoms with Crippen LogP contribution in [0.2, 0.25) is 0 Å². The molecule has 0 aliphatic rings. The number of aliphatic hydroxyl groups excluding tert-OH is 2. The standard InChI is InChI=1S/C9H12O4/c1-6(10)3-8(12)5-9(13)4-7(2)11/h3-4,12-13H,5H2,1-2H3/b8-3-,9-4-. The Bertz CT molecular complexity index is 245. The molecule has 0 bridgehead atoms. The highest BCUT2D eigenvalue weighted by Gasteiger charge is 2.00. The summed E-state index contributed by atoms with van der Waals surface area (Å²) in [6.07, 6.45) is 1.79. The van der Waals surface area contributed by atoms with Gasteiger partial charge in [0.15, 0.2) is 11.6 Å². The van der Waals surface area contributed by atoms with Gasteiger partial charge in [-0.3, -0.25) is 9.59 Å². The van der Waals surface area contributed by atoms with Gasteiger partial charge >= 0.3 is 0 Å². The van der Waals surface area contributed by atoms with Crippen molar-refractivity contribution in [3.8, 4) is 0 Å². The van der Waals surface area contributed by atoms with Crippen LogP contribution >= 0.6 is 0 Å². The molecule has 0 amide bonds. The highest BCUT2D eigenvalue weighted by Crippen LogP contribution is 2.05. The fourth-order valence-electron chi connectivity index (χ4n) is 0.757. The van der Waals surface area contributed by atoms with E-state index in [1.54, 1.807) is 0 Å². The van der Waals surface area contributed by atoms with Gasteiger partial charge in [-0.25, -0.2) is 0 Å².